The van der Waals surface area contributed by atoms with Crippen molar-refractivity contribution in [1.82, 2.24) is 10.9 Å². The zero-order chi connectivity index (χ0) is 33.2. The summed E-state index contributed by atoms with van der Waals surface area (Å²) < 4.78 is 17.7. The van der Waals surface area contributed by atoms with E-state index < -0.39 is 17.6 Å². The average molecular weight is 676 g/mol. The molecule has 242 valence electrons. The molecule has 1 aliphatic rings. The SMILES string of the molecule is COc1ccccc1CNNC(=O)[C@@]1(Cc2ccccc2N=[N+]=[N-])N=C(c2ccc(OCCCO)cc2)O[C@H]1c1ccc(Cl)cc1Cl. The first-order valence-electron chi connectivity index (χ1n) is 14.7. The van der Waals surface area contributed by atoms with Crippen molar-refractivity contribution in [2.45, 2.75) is 31.0 Å². The molecule has 0 unspecified atom stereocenters. The van der Waals surface area contributed by atoms with Gasteiger partial charge in [0.25, 0.3) is 5.91 Å². The molecule has 0 radical (unpaired) electrons. The van der Waals surface area contributed by atoms with Crippen LogP contribution in [0.5, 0.6) is 11.5 Å². The van der Waals surface area contributed by atoms with Gasteiger partial charge >= 0.3 is 0 Å². The van der Waals surface area contributed by atoms with Crippen LogP contribution in [-0.2, 0) is 22.5 Å². The highest BCUT2D eigenvalue weighted by atomic mass is 35.5. The van der Waals surface area contributed by atoms with Crippen LogP contribution in [0.3, 0.4) is 0 Å². The van der Waals surface area contributed by atoms with Gasteiger partial charge in [0.2, 0.25) is 5.90 Å². The van der Waals surface area contributed by atoms with Crippen molar-refractivity contribution in [3.63, 3.8) is 0 Å². The summed E-state index contributed by atoms with van der Waals surface area (Å²) in [6.07, 6.45) is -0.531. The lowest BCUT2D eigenvalue weighted by molar-refractivity contribution is -0.130. The standard InChI is InChI=1S/C34H32Cl2N6O5/c1-45-30-10-5-3-8-24(30)21-38-41-33(44)34(20-23-7-2-4-9-29(23)40-42-37)31(27-16-13-25(35)19-28(27)36)47-32(39-34)22-11-14-26(15-12-22)46-18-6-17-43/h2-5,7-16,19,31,38,43H,6,17-18,20-21H2,1H3,(H,41,44)/t31-,34-/m0/s1. The van der Waals surface area contributed by atoms with Crippen LogP contribution in [0.1, 0.15) is 34.8 Å². The largest absolute Gasteiger partial charge is 0.496 e. The Balaban J connectivity index is 1.58. The Morgan fingerprint density at radius 2 is 1.81 bits per heavy atom. The molecule has 2 atom stereocenters. The maximum Gasteiger partial charge on any atom is 0.266 e. The van der Waals surface area contributed by atoms with E-state index in [9.17, 15) is 10.3 Å². The molecule has 0 saturated carbocycles. The predicted molar refractivity (Wildman–Crippen MR) is 180 cm³/mol. The number of carbonyl (C=O) groups excluding carboxylic acids is 1. The molecule has 1 amide bonds. The lowest BCUT2D eigenvalue weighted by Gasteiger charge is -2.31. The van der Waals surface area contributed by atoms with Crippen molar-refractivity contribution >= 4 is 40.7 Å². The van der Waals surface area contributed by atoms with Crippen LogP contribution in [0.15, 0.2) is 101 Å². The van der Waals surface area contributed by atoms with E-state index >= 15 is 0 Å². The van der Waals surface area contributed by atoms with E-state index in [1.54, 1.807) is 73.8 Å². The number of nitrogens with zero attached hydrogens (tertiary/aromatic N) is 4. The Bertz CT molecular complexity index is 1800. The van der Waals surface area contributed by atoms with Crippen LogP contribution < -0.4 is 20.3 Å². The van der Waals surface area contributed by atoms with E-state index in [1.807, 2.05) is 24.3 Å². The van der Waals surface area contributed by atoms with Crippen molar-refractivity contribution in [1.29, 1.82) is 0 Å². The van der Waals surface area contributed by atoms with Gasteiger partial charge in [-0.05, 0) is 53.6 Å². The fourth-order valence-corrected chi connectivity index (χ4v) is 5.75. The molecular weight excluding hydrogens is 643 g/mol. The van der Waals surface area contributed by atoms with Gasteiger partial charge in [0.1, 0.15) is 11.5 Å². The number of hydrazine groups is 1. The second-order valence-electron chi connectivity index (χ2n) is 10.6. The Hall–Kier alpha value is -4.77. The van der Waals surface area contributed by atoms with E-state index in [0.717, 1.165) is 5.56 Å². The minimum atomic E-state index is -1.64. The average Bonchev–Trinajstić information content (AvgIpc) is 3.46. The fourth-order valence-electron chi connectivity index (χ4n) is 5.25. The van der Waals surface area contributed by atoms with Crippen LogP contribution in [0.4, 0.5) is 5.69 Å². The number of carbonyl (C=O) groups is 1. The molecule has 4 aromatic carbocycles. The van der Waals surface area contributed by atoms with Crippen LogP contribution in [0, 0.1) is 0 Å². The van der Waals surface area contributed by atoms with Crippen LogP contribution in [-0.4, -0.2) is 42.8 Å². The number of nitrogens with one attached hydrogen (secondary N) is 2. The van der Waals surface area contributed by atoms with Gasteiger partial charge < -0.3 is 19.3 Å². The van der Waals surface area contributed by atoms with Crippen molar-refractivity contribution in [3.05, 3.63) is 134 Å². The van der Waals surface area contributed by atoms with Crippen LogP contribution in [0.2, 0.25) is 10.0 Å². The highest BCUT2D eigenvalue weighted by Gasteiger charge is 2.54. The zero-order valence-corrected chi connectivity index (χ0v) is 26.9. The lowest BCUT2D eigenvalue weighted by atomic mass is 9.81. The minimum Gasteiger partial charge on any atom is -0.496 e. The van der Waals surface area contributed by atoms with Gasteiger partial charge in [-0.15, -0.1) is 0 Å². The number of aliphatic hydroxyl groups excluding tert-OH is 1. The number of aliphatic imine (C=N–C) groups is 1. The summed E-state index contributed by atoms with van der Waals surface area (Å²) in [5.74, 6) is 0.944. The van der Waals surface area contributed by atoms with E-state index in [4.69, 9.17) is 47.5 Å². The topological polar surface area (TPSA) is 150 Å². The van der Waals surface area contributed by atoms with E-state index in [-0.39, 0.29) is 30.5 Å². The number of methoxy groups -OCH3 is 1. The van der Waals surface area contributed by atoms with Crippen LogP contribution in [0.25, 0.3) is 10.4 Å². The normalized spacial score (nSPS) is 16.9. The Morgan fingerprint density at radius 1 is 1.06 bits per heavy atom. The van der Waals surface area contributed by atoms with Crippen molar-refractivity contribution in [2.75, 3.05) is 20.3 Å². The molecule has 0 fully saturated rings. The third-order valence-electron chi connectivity index (χ3n) is 7.55. The maximum absolute atomic E-state index is 14.5. The molecular formula is C34H32Cl2N6O5. The lowest BCUT2D eigenvalue weighted by Crippen LogP contribution is -2.53. The van der Waals surface area contributed by atoms with E-state index in [2.05, 4.69) is 20.9 Å². The number of hydrogen-bond acceptors (Lipinski definition) is 8. The zero-order valence-electron chi connectivity index (χ0n) is 25.4. The van der Waals surface area contributed by atoms with Crippen molar-refractivity contribution < 1.29 is 24.1 Å². The summed E-state index contributed by atoms with van der Waals surface area (Å²) in [5, 5.41) is 13.6. The summed E-state index contributed by atoms with van der Waals surface area (Å²) >= 11 is 13.0. The molecule has 13 heteroatoms. The number of rotatable bonds is 14. The highest BCUT2D eigenvalue weighted by Crippen LogP contribution is 2.46. The van der Waals surface area contributed by atoms with Gasteiger partial charge in [-0.2, -0.15) is 0 Å². The Kier molecular flexibility index (Phi) is 11.2. The first-order chi connectivity index (χ1) is 22.9. The molecule has 3 N–H and O–H groups in total. The summed E-state index contributed by atoms with van der Waals surface area (Å²) in [5.41, 5.74) is 16.3. The van der Waals surface area contributed by atoms with Gasteiger partial charge in [0.05, 0.1) is 13.7 Å². The summed E-state index contributed by atoms with van der Waals surface area (Å²) in [6, 6.07) is 26.4. The van der Waals surface area contributed by atoms with Gasteiger partial charge in [-0.1, -0.05) is 76.8 Å². The molecule has 1 aliphatic heterocycles. The van der Waals surface area contributed by atoms with E-state index in [1.165, 1.54) is 0 Å². The molecule has 0 aromatic heterocycles. The molecule has 0 bridgehead atoms. The number of benzene rings is 4. The summed E-state index contributed by atoms with van der Waals surface area (Å²) in [4.78, 5) is 22.5. The van der Waals surface area contributed by atoms with Gasteiger partial charge in [-0.3, -0.25) is 10.2 Å². The molecule has 1 heterocycles. The maximum atomic E-state index is 14.5. The third-order valence-corrected chi connectivity index (χ3v) is 8.11. The number of ether oxygens (including phenoxy) is 3. The molecule has 0 aliphatic carbocycles. The first-order valence-corrected chi connectivity index (χ1v) is 15.5. The molecule has 5 rings (SSSR count). The molecule has 0 saturated heterocycles. The van der Waals surface area contributed by atoms with Gasteiger partial charge in [0, 0.05) is 63.3 Å². The number of hydrogen-bond donors (Lipinski definition) is 3. The van der Waals surface area contributed by atoms with Crippen molar-refractivity contribution in [3.8, 4) is 11.5 Å². The smallest absolute Gasteiger partial charge is 0.266 e. The Morgan fingerprint density at radius 3 is 2.53 bits per heavy atom. The minimum absolute atomic E-state index is 0.0140. The van der Waals surface area contributed by atoms with Gasteiger partial charge in [-0.25, -0.2) is 10.4 Å². The number of para-hydroxylation sites is 1. The number of azide groups is 1. The van der Waals surface area contributed by atoms with Crippen LogP contribution >= 0.6 is 23.2 Å². The third kappa shape index (κ3) is 7.79. The van der Waals surface area contributed by atoms with E-state index in [0.29, 0.717) is 51.9 Å². The number of halogens is 2. The first kappa shape index (κ1) is 33.6. The number of amides is 1. The fraction of sp³-hybridized carbons (Fsp3) is 0.235. The van der Waals surface area contributed by atoms with Gasteiger partial charge in [0.15, 0.2) is 11.6 Å². The monoisotopic (exact) mass is 674 g/mol. The predicted octanol–water partition coefficient (Wildman–Crippen LogP) is 7.03. The second-order valence-corrected chi connectivity index (χ2v) is 11.4. The summed E-state index contributed by atoms with van der Waals surface area (Å²) in [7, 11) is 1.58. The van der Waals surface area contributed by atoms with Crippen molar-refractivity contribution in [2.24, 2.45) is 10.1 Å². The Labute approximate surface area is 281 Å². The molecule has 47 heavy (non-hydrogen) atoms. The molecule has 0 spiro atoms. The molecule has 11 nitrogen and oxygen atoms in total. The molecule has 4 aromatic rings. The number of aliphatic hydroxyl groups is 1. The highest BCUT2D eigenvalue weighted by molar-refractivity contribution is 6.35. The quantitative estimate of drug-likeness (QED) is 0.0430. The summed E-state index contributed by atoms with van der Waals surface area (Å²) in [6.45, 7) is 0.640. The second kappa shape index (κ2) is 15.7.